The number of aryl methyl sites for hydroxylation is 2. The summed E-state index contributed by atoms with van der Waals surface area (Å²) < 4.78 is 1.85. The smallest absolute Gasteiger partial charge is 0.225 e. The maximum atomic E-state index is 12.7. The second kappa shape index (κ2) is 6.91. The summed E-state index contributed by atoms with van der Waals surface area (Å²) in [5.74, 6) is 0.817. The van der Waals surface area contributed by atoms with Gasteiger partial charge in [-0.2, -0.15) is 5.10 Å². The summed E-state index contributed by atoms with van der Waals surface area (Å²) in [5.41, 5.74) is 3.04. The van der Waals surface area contributed by atoms with Crippen LogP contribution in [0.3, 0.4) is 0 Å². The minimum absolute atomic E-state index is 0.166. The number of likely N-dealkylation sites (tertiary alicyclic amines) is 1. The standard InChI is InChI=1S/C19H28N4O/c1-5-14(6-2)19(24)23-11-7-8-15(12-23)17-10-9-16-13(3)21-22(4)18(16)20-17/h9-10,14-15H,5-8,11-12H2,1-4H3/t15-/m0/s1. The van der Waals surface area contributed by atoms with Crippen LogP contribution in [-0.4, -0.2) is 38.7 Å². The highest BCUT2D eigenvalue weighted by atomic mass is 16.2. The van der Waals surface area contributed by atoms with Crippen molar-refractivity contribution in [2.45, 2.75) is 52.4 Å². The van der Waals surface area contributed by atoms with Gasteiger partial charge in [0.05, 0.1) is 5.69 Å². The van der Waals surface area contributed by atoms with Crippen LogP contribution in [0.2, 0.25) is 0 Å². The molecule has 5 heteroatoms. The van der Waals surface area contributed by atoms with Crippen LogP contribution in [0.4, 0.5) is 0 Å². The quantitative estimate of drug-likeness (QED) is 0.864. The van der Waals surface area contributed by atoms with Gasteiger partial charge < -0.3 is 4.90 Å². The molecule has 3 heterocycles. The molecule has 130 valence electrons. The zero-order chi connectivity index (χ0) is 17.3. The zero-order valence-electron chi connectivity index (χ0n) is 15.2. The highest BCUT2D eigenvalue weighted by molar-refractivity contribution is 5.79. The predicted molar refractivity (Wildman–Crippen MR) is 95.9 cm³/mol. The average Bonchev–Trinajstić information content (AvgIpc) is 2.90. The Labute approximate surface area is 144 Å². The molecule has 0 bridgehead atoms. The van der Waals surface area contributed by atoms with Crippen LogP contribution < -0.4 is 0 Å². The van der Waals surface area contributed by atoms with Crippen molar-refractivity contribution in [3.05, 3.63) is 23.5 Å². The second-order valence-corrected chi connectivity index (χ2v) is 6.95. The summed E-state index contributed by atoms with van der Waals surface area (Å²) in [6, 6.07) is 4.24. The monoisotopic (exact) mass is 328 g/mol. The van der Waals surface area contributed by atoms with Crippen molar-refractivity contribution in [3.8, 4) is 0 Å². The third kappa shape index (κ3) is 3.04. The molecular formula is C19H28N4O. The van der Waals surface area contributed by atoms with Crippen molar-refractivity contribution in [3.63, 3.8) is 0 Å². The highest BCUT2D eigenvalue weighted by Crippen LogP contribution is 2.29. The molecule has 1 amide bonds. The van der Waals surface area contributed by atoms with Gasteiger partial charge in [0.2, 0.25) is 5.91 Å². The minimum Gasteiger partial charge on any atom is -0.342 e. The van der Waals surface area contributed by atoms with Crippen LogP contribution >= 0.6 is 0 Å². The van der Waals surface area contributed by atoms with E-state index in [1.54, 1.807) is 0 Å². The highest BCUT2D eigenvalue weighted by Gasteiger charge is 2.28. The Morgan fingerprint density at radius 2 is 2.08 bits per heavy atom. The van der Waals surface area contributed by atoms with Gasteiger partial charge in [0.25, 0.3) is 0 Å². The number of amides is 1. The first kappa shape index (κ1) is 16.9. The molecule has 1 aliphatic rings. The van der Waals surface area contributed by atoms with Gasteiger partial charge in [0, 0.05) is 43.1 Å². The van der Waals surface area contributed by atoms with Crippen molar-refractivity contribution < 1.29 is 4.79 Å². The van der Waals surface area contributed by atoms with Crippen molar-refractivity contribution in [2.24, 2.45) is 13.0 Å². The SMILES string of the molecule is CCC(CC)C(=O)N1CCC[C@H](c2ccc3c(C)nn(C)c3n2)C1. The number of pyridine rings is 1. The maximum Gasteiger partial charge on any atom is 0.225 e. The lowest BCUT2D eigenvalue weighted by Gasteiger charge is -2.34. The lowest BCUT2D eigenvalue weighted by molar-refractivity contribution is -0.137. The Bertz CT molecular complexity index is 732. The minimum atomic E-state index is 0.166. The maximum absolute atomic E-state index is 12.7. The summed E-state index contributed by atoms with van der Waals surface area (Å²) in [6.07, 6.45) is 4.01. The summed E-state index contributed by atoms with van der Waals surface area (Å²) in [7, 11) is 1.94. The van der Waals surface area contributed by atoms with Gasteiger partial charge in [-0.25, -0.2) is 4.98 Å². The molecule has 1 aliphatic heterocycles. The Morgan fingerprint density at radius 1 is 1.33 bits per heavy atom. The number of nitrogens with zero attached hydrogens (tertiary/aromatic N) is 4. The molecule has 5 nitrogen and oxygen atoms in total. The Hall–Kier alpha value is -1.91. The van der Waals surface area contributed by atoms with Gasteiger partial charge in [0.1, 0.15) is 0 Å². The van der Waals surface area contributed by atoms with Gasteiger partial charge in [0.15, 0.2) is 5.65 Å². The summed E-state index contributed by atoms with van der Waals surface area (Å²) in [6.45, 7) is 7.91. The number of hydrogen-bond acceptors (Lipinski definition) is 3. The van der Waals surface area contributed by atoms with E-state index in [1.165, 1.54) is 0 Å². The lowest BCUT2D eigenvalue weighted by Crippen LogP contribution is -2.42. The van der Waals surface area contributed by atoms with E-state index >= 15 is 0 Å². The molecule has 2 aromatic rings. The third-order valence-corrected chi connectivity index (χ3v) is 5.38. The summed E-state index contributed by atoms with van der Waals surface area (Å²) in [4.78, 5) is 19.6. The molecule has 0 saturated carbocycles. The number of piperidine rings is 1. The van der Waals surface area contributed by atoms with Crippen LogP contribution in [-0.2, 0) is 11.8 Å². The Kier molecular flexibility index (Phi) is 4.88. The fourth-order valence-corrected chi connectivity index (χ4v) is 3.86. The fraction of sp³-hybridized carbons (Fsp3) is 0.632. The van der Waals surface area contributed by atoms with E-state index in [1.807, 2.05) is 18.7 Å². The number of rotatable bonds is 4. The van der Waals surface area contributed by atoms with Gasteiger partial charge >= 0.3 is 0 Å². The summed E-state index contributed by atoms with van der Waals surface area (Å²) >= 11 is 0. The third-order valence-electron chi connectivity index (χ3n) is 5.38. The van der Waals surface area contributed by atoms with E-state index < -0.39 is 0 Å². The number of carbonyl (C=O) groups is 1. The van der Waals surface area contributed by atoms with Crippen LogP contribution in [0.1, 0.15) is 56.8 Å². The topological polar surface area (TPSA) is 51.0 Å². The number of hydrogen-bond donors (Lipinski definition) is 0. The molecule has 0 radical (unpaired) electrons. The van der Waals surface area contributed by atoms with E-state index in [-0.39, 0.29) is 5.92 Å². The molecule has 1 atom stereocenters. The van der Waals surface area contributed by atoms with E-state index in [0.29, 0.717) is 11.8 Å². The molecule has 1 fully saturated rings. The van der Waals surface area contributed by atoms with Crippen molar-refractivity contribution in [2.75, 3.05) is 13.1 Å². The van der Waals surface area contributed by atoms with E-state index in [9.17, 15) is 4.79 Å². The first-order valence-electron chi connectivity index (χ1n) is 9.14. The Morgan fingerprint density at radius 3 is 2.79 bits per heavy atom. The molecule has 1 saturated heterocycles. The van der Waals surface area contributed by atoms with Crippen LogP contribution in [0, 0.1) is 12.8 Å². The predicted octanol–water partition coefficient (Wildman–Crippen LogP) is 3.42. The molecular weight excluding hydrogens is 300 g/mol. The fourth-order valence-electron chi connectivity index (χ4n) is 3.86. The number of aromatic nitrogens is 3. The molecule has 0 N–H and O–H groups in total. The number of fused-ring (bicyclic) bond motifs is 1. The van der Waals surface area contributed by atoms with Crippen molar-refractivity contribution >= 4 is 16.9 Å². The second-order valence-electron chi connectivity index (χ2n) is 6.95. The molecule has 2 aromatic heterocycles. The summed E-state index contributed by atoms with van der Waals surface area (Å²) in [5, 5.41) is 5.57. The molecule has 0 unspecified atom stereocenters. The molecule has 24 heavy (non-hydrogen) atoms. The first-order valence-corrected chi connectivity index (χ1v) is 9.14. The first-order chi connectivity index (χ1) is 11.5. The van der Waals surface area contributed by atoms with Crippen LogP contribution in [0.15, 0.2) is 12.1 Å². The van der Waals surface area contributed by atoms with Gasteiger partial charge in [-0.15, -0.1) is 0 Å². The van der Waals surface area contributed by atoms with Crippen molar-refractivity contribution in [1.29, 1.82) is 0 Å². The molecule has 0 aliphatic carbocycles. The van der Waals surface area contributed by atoms with Crippen molar-refractivity contribution in [1.82, 2.24) is 19.7 Å². The largest absolute Gasteiger partial charge is 0.342 e. The zero-order valence-corrected chi connectivity index (χ0v) is 15.2. The molecule has 0 spiro atoms. The van der Waals surface area contributed by atoms with Gasteiger partial charge in [-0.05, 0) is 44.7 Å². The van der Waals surface area contributed by atoms with Crippen LogP contribution in [0.5, 0.6) is 0 Å². The molecule has 3 rings (SSSR count). The van der Waals surface area contributed by atoms with Gasteiger partial charge in [-0.1, -0.05) is 13.8 Å². The Balaban J connectivity index is 1.82. The van der Waals surface area contributed by atoms with E-state index in [2.05, 4.69) is 36.0 Å². The van der Waals surface area contributed by atoms with E-state index in [4.69, 9.17) is 4.98 Å². The van der Waals surface area contributed by atoms with E-state index in [0.717, 1.165) is 61.2 Å². The normalized spacial score (nSPS) is 18.5. The van der Waals surface area contributed by atoms with Crippen LogP contribution in [0.25, 0.3) is 11.0 Å². The average molecular weight is 328 g/mol. The van der Waals surface area contributed by atoms with Gasteiger partial charge in [-0.3, -0.25) is 9.48 Å². The number of carbonyl (C=O) groups excluding carboxylic acids is 1. The molecule has 0 aromatic carbocycles. The lowest BCUT2D eigenvalue weighted by atomic mass is 9.92.